The Morgan fingerprint density at radius 1 is 1.50 bits per heavy atom. The summed E-state index contributed by atoms with van der Waals surface area (Å²) in [6, 6.07) is 5.11. The van der Waals surface area contributed by atoms with Crippen LogP contribution < -0.4 is 15.4 Å². The second-order valence-electron chi connectivity index (χ2n) is 4.34. The summed E-state index contributed by atoms with van der Waals surface area (Å²) in [4.78, 5) is 12.0. The highest BCUT2D eigenvalue weighted by molar-refractivity contribution is 6.32. The van der Waals surface area contributed by atoms with E-state index in [4.69, 9.17) is 16.3 Å². The van der Waals surface area contributed by atoms with Crippen LogP contribution in [0.3, 0.4) is 0 Å². The number of ether oxygens (including phenoxy) is 1. The van der Waals surface area contributed by atoms with Crippen molar-refractivity contribution in [3.8, 4) is 5.75 Å². The van der Waals surface area contributed by atoms with Crippen LogP contribution in [0.4, 0.5) is 5.69 Å². The lowest BCUT2D eigenvalue weighted by Crippen LogP contribution is -2.43. The number of hydrogen-bond acceptors (Lipinski definition) is 3. The lowest BCUT2D eigenvalue weighted by Gasteiger charge is -2.22. The predicted octanol–water partition coefficient (Wildman–Crippen LogP) is 2.43. The van der Waals surface area contributed by atoms with Crippen molar-refractivity contribution in [3.63, 3.8) is 0 Å². The Morgan fingerprint density at radius 3 is 3.00 bits per heavy atom. The van der Waals surface area contributed by atoms with E-state index in [9.17, 15) is 4.79 Å². The summed E-state index contributed by atoms with van der Waals surface area (Å²) in [5.41, 5.74) is 0.702. The zero-order chi connectivity index (χ0) is 13.0. The molecule has 0 aromatic heterocycles. The number of benzene rings is 1. The van der Waals surface area contributed by atoms with E-state index < -0.39 is 0 Å². The fourth-order valence-electron chi connectivity index (χ4n) is 2.04. The van der Waals surface area contributed by atoms with Gasteiger partial charge in [-0.1, -0.05) is 18.0 Å². The zero-order valence-corrected chi connectivity index (χ0v) is 11.1. The van der Waals surface area contributed by atoms with Crippen LogP contribution in [-0.4, -0.2) is 25.6 Å². The zero-order valence-electron chi connectivity index (χ0n) is 10.3. The summed E-state index contributed by atoms with van der Waals surface area (Å²) in [5.74, 6) is 0.560. The summed E-state index contributed by atoms with van der Waals surface area (Å²) in [5, 5.41) is 6.62. The molecule has 0 spiro atoms. The van der Waals surface area contributed by atoms with Crippen LogP contribution in [0.15, 0.2) is 18.2 Å². The summed E-state index contributed by atoms with van der Waals surface area (Å²) >= 11 is 5.93. The largest absolute Gasteiger partial charge is 0.495 e. The number of hydrogen-bond donors (Lipinski definition) is 2. The van der Waals surface area contributed by atoms with Gasteiger partial charge in [0.15, 0.2) is 0 Å². The molecular weight excluding hydrogens is 252 g/mol. The minimum Gasteiger partial charge on any atom is -0.495 e. The highest BCUT2D eigenvalue weighted by atomic mass is 35.5. The molecule has 1 heterocycles. The summed E-state index contributed by atoms with van der Waals surface area (Å²) in [6.45, 7) is 0.905. The standard InChI is InChI=1S/C13H17ClN2O2/c1-18-12-8-9(5-6-10(12)14)16-13(17)11-4-2-3-7-15-11/h5-6,8,11,15H,2-4,7H2,1H3,(H,16,17). The molecule has 98 valence electrons. The Hall–Kier alpha value is -1.26. The molecule has 1 saturated heterocycles. The molecule has 0 bridgehead atoms. The first kappa shape index (κ1) is 13.2. The average molecular weight is 269 g/mol. The van der Waals surface area contributed by atoms with Crippen LogP contribution >= 0.6 is 11.6 Å². The molecular formula is C13H17ClN2O2. The maximum Gasteiger partial charge on any atom is 0.241 e. The number of nitrogens with one attached hydrogen (secondary N) is 2. The lowest BCUT2D eigenvalue weighted by molar-refractivity contribution is -0.118. The first-order chi connectivity index (χ1) is 8.70. The number of halogens is 1. The van der Waals surface area contributed by atoms with Crippen molar-refractivity contribution < 1.29 is 9.53 Å². The monoisotopic (exact) mass is 268 g/mol. The lowest BCUT2D eigenvalue weighted by atomic mass is 10.0. The third-order valence-corrected chi connectivity index (χ3v) is 3.36. The van der Waals surface area contributed by atoms with Crippen molar-refractivity contribution in [1.82, 2.24) is 5.32 Å². The summed E-state index contributed by atoms with van der Waals surface area (Å²) < 4.78 is 5.11. The van der Waals surface area contributed by atoms with Crippen LogP contribution in [0.2, 0.25) is 5.02 Å². The topological polar surface area (TPSA) is 50.4 Å². The molecule has 18 heavy (non-hydrogen) atoms. The van der Waals surface area contributed by atoms with Crippen LogP contribution in [0.1, 0.15) is 19.3 Å². The smallest absolute Gasteiger partial charge is 0.241 e. The second-order valence-corrected chi connectivity index (χ2v) is 4.75. The average Bonchev–Trinajstić information content (AvgIpc) is 2.42. The van der Waals surface area contributed by atoms with Gasteiger partial charge in [0.05, 0.1) is 18.2 Å². The van der Waals surface area contributed by atoms with Gasteiger partial charge >= 0.3 is 0 Å². The Morgan fingerprint density at radius 2 is 2.33 bits per heavy atom. The maximum absolute atomic E-state index is 12.0. The first-order valence-electron chi connectivity index (χ1n) is 6.08. The molecule has 2 N–H and O–H groups in total. The number of methoxy groups -OCH3 is 1. The Labute approximate surface area is 112 Å². The van der Waals surface area contributed by atoms with E-state index in [1.54, 1.807) is 25.3 Å². The summed E-state index contributed by atoms with van der Waals surface area (Å²) in [6.07, 6.45) is 3.12. The van der Waals surface area contributed by atoms with Gasteiger partial charge in [-0.05, 0) is 31.5 Å². The van der Waals surface area contributed by atoms with E-state index in [-0.39, 0.29) is 11.9 Å². The van der Waals surface area contributed by atoms with Crippen LogP contribution in [0.25, 0.3) is 0 Å². The van der Waals surface area contributed by atoms with E-state index in [0.29, 0.717) is 16.5 Å². The van der Waals surface area contributed by atoms with Gasteiger partial charge in [-0.2, -0.15) is 0 Å². The van der Waals surface area contributed by atoms with Crippen molar-refractivity contribution in [2.75, 3.05) is 19.0 Å². The van der Waals surface area contributed by atoms with Crippen molar-refractivity contribution in [2.45, 2.75) is 25.3 Å². The number of carbonyl (C=O) groups is 1. The Bertz CT molecular complexity index is 431. The number of amides is 1. The van der Waals surface area contributed by atoms with Gasteiger partial charge in [0, 0.05) is 11.8 Å². The van der Waals surface area contributed by atoms with E-state index >= 15 is 0 Å². The van der Waals surface area contributed by atoms with Gasteiger partial charge < -0.3 is 15.4 Å². The highest BCUT2D eigenvalue weighted by Crippen LogP contribution is 2.27. The van der Waals surface area contributed by atoms with Crippen molar-refractivity contribution in [3.05, 3.63) is 23.2 Å². The fraction of sp³-hybridized carbons (Fsp3) is 0.462. The molecule has 1 amide bonds. The molecule has 1 atom stereocenters. The molecule has 1 aliphatic heterocycles. The van der Waals surface area contributed by atoms with Gasteiger partial charge in [-0.25, -0.2) is 0 Å². The highest BCUT2D eigenvalue weighted by Gasteiger charge is 2.20. The van der Waals surface area contributed by atoms with Crippen LogP contribution in [-0.2, 0) is 4.79 Å². The molecule has 4 nitrogen and oxygen atoms in total. The number of anilines is 1. The molecule has 1 aromatic carbocycles. The van der Waals surface area contributed by atoms with Gasteiger partial charge in [0.1, 0.15) is 5.75 Å². The van der Waals surface area contributed by atoms with Crippen LogP contribution in [0.5, 0.6) is 5.75 Å². The fourth-order valence-corrected chi connectivity index (χ4v) is 2.24. The molecule has 2 rings (SSSR count). The van der Waals surface area contributed by atoms with Gasteiger partial charge in [-0.15, -0.1) is 0 Å². The van der Waals surface area contributed by atoms with Gasteiger partial charge in [-0.3, -0.25) is 4.79 Å². The van der Waals surface area contributed by atoms with E-state index in [1.807, 2.05) is 0 Å². The summed E-state index contributed by atoms with van der Waals surface area (Å²) in [7, 11) is 1.55. The minimum absolute atomic E-state index is 0.000856. The normalized spacial score (nSPS) is 19.3. The van der Waals surface area contributed by atoms with Crippen molar-refractivity contribution in [2.24, 2.45) is 0 Å². The van der Waals surface area contributed by atoms with Gasteiger partial charge in [0.2, 0.25) is 5.91 Å². The molecule has 5 heteroatoms. The van der Waals surface area contributed by atoms with E-state index in [1.165, 1.54) is 0 Å². The third-order valence-electron chi connectivity index (χ3n) is 3.05. The number of piperidine rings is 1. The minimum atomic E-state index is -0.0968. The quantitative estimate of drug-likeness (QED) is 0.885. The van der Waals surface area contributed by atoms with Crippen molar-refractivity contribution >= 4 is 23.2 Å². The third kappa shape index (κ3) is 3.15. The van der Waals surface area contributed by atoms with E-state index in [2.05, 4.69) is 10.6 Å². The predicted molar refractivity (Wildman–Crippen MR) is 72.3 cm³/mol. The molecule has 1 unspecified atom stereocenters. The van der Waals surface area contributed by atoms with Crippen LogP contribution in [0, 0.1) is 0 Å². The van der Waals surface area contributed by atoms with E-state index in [0.717, 1.165) is 25.8 Å². The molecule has 1 aromatic rings. The van der Waals surface area contributed by atoms with Gasteiger partial charge in [0.25, 0.3) is 0 Å². The first-order valence-corrected chi connectivity index (χ1v) is 6.46. The SMILES string of the molecule is COc1cc(NC(=O)C2CCCCN2)ccc1Cl. The number of rotatable bonds is 3. The molecule has 0 aliphatic carbocycles. The Kier molecular flexibility index (Phi) is 4.44. The number of carbonyl (C=O) groups excluding carboxylic acids is 1. The molecule has 0 radical (unpaired) electrons. The maximum atomic E-state index is 12.0. The van der Waals surface area contributed by atoms with Crippen molar-refractivity contribution in [1.29, 1.82) is 0 Å². The molecule has 1 aliphatic rings. The molecule has 0 saturated carbocycles. The molecule has 1 fully saturated rings. The second kappa shape index (κ2) is 6.07. The Balaban J connectivity index is 2.02.